The Labute approximate surface area is 124 Å². The van der Waals surface area contributed by atoms with E-state index in [-0.39, 0.29) is 5.91 Å². The predicted octanol–water partition coefficient (Wildman–Crippen LogP) is 3.15. The molecular weight excluding hydrogens is 328 g/mol. The minimum atomic E-state index is -0.129. The number of hydrogen-bond acceptors (Lipinski definition) is 4. The number of nitrogens with zero attached hydrogens (tertiary/aromatic N) is 1. The number of hydrogen-bond donors (Lipinski definition) is 1. The third-order valence-corrected chi connectivity index (χ3v) is 4.07. The molecule has 1 N–H and O–H groups in total. The fraction of sp³-hybridized carbons (Fsp3) is 0.231. The fourth-order valence-electron chi connectivity index (χ4n) is 1.55. The van der Waals surface area contributed by atoms with Crippen molar-refractivity contribution in [2.24, 2.45) is 0 Å². The molecule has 0 bridgehead atoms. The van der Waals surface area contributed by atoms with Crippen LogP contribution in [0.5, 0.6) is 5.75 Å². The van der Waals surface area contributed by atoms with Gasteiger partial charge in [-0.2, -0.15) is 0 Å². The topological polar surface area (TPSA) is 51.2 Å². The molecule has 0 saturated heterocycles. The van der Waals surface area contributed by atoms with Gasteiger partial charge in [0.15, 0.2) is 0 Å². The van der Waals surface area contributed by atoms with Crippen molar-refractivity contribution in [3.63, 3.8) is 0 Å². The first-order chi connectivity index (χ1) is 9.10. The highest BCUT2D eigenvalue weighted by molar-refractivity contribution is 9.10. The van der Waals surface area contributed by atoms with Gasteiger partial charge >= 0.3 is 0 Å². The quantitative estimate of drug-likeness (QED) is 0.929. The smallest absolute Gasteiger partial charge is 0.251 e. The van der Waals surface area contributed by atoms with E-state index < -0.39 is 0 Å². The Morgan fingerprint density at radius 1 is 1.53 bits per heavy atom. The van der Waals surface area contributed by atoms with E-state index in [1.54, 1.807) is 36.6 Å². The fourth-order valence-corrected chi connectivity index (χ4v) is 2.80. The van der Waals surface area contributed by atoms with Crippen LogP contribution in [0.3, 0.4) is 0 Å². The van der Waals surface area contributed by atoms with Gasteiger partial charge < -0.3 is 10.1 Å². The second-order valence-corrected chi connectivity index (χ2v) is 5.71. The molecule has 0 spiro atoms. The molecule has 0 fully saturated rings. The van der Waals surface area contributed by atoms with Gasteiger partial charge in [0.05, 0.1) is 18.1 Å². The zero-order valence-corrected chi connectivity index (χ0v) is 13.0. The molecule has 2 rings (SSSR count). The summed E-state index contributed by atoms with van der Waals surface area (Å²) in [6.45, 7) is 2.38. The Bertz CT molecular complexity index is 598. The van der Waals surface area contributed by atoms with E-state index in [0.29, 0.717) is 17.9 Å². The van der Waals surface area contributed by atoms with Gasteiger partial charge in [-0.05, 0) is 41.1 Å². The number of thiazole rings is 1. The Morgan fingerprint density at radius 2 is 2.32 bits per heavy atom. The summed E-state index contributed by atoms with van der Waals surface area (Å²) in [5.41, 5.74) is 1.56. The molecule has 6 heteroatoms. The van der Waals surface area contributed by atoms with Gasteiger partial charge in [-0.25, -0.2) is 4.98 Å². The number of carbonyl (C=O) groups is 1. The van der Waals surface area contributed by atoms with E-state index in [9.17, 15) is 4.79 Å². The number of aromatic nitrogens is 1. The molecule has 1 heterocycles. The van der Waals surface area contributed by atoms with E-state index in [0.717, 1.165) is 15.2 Å². The molecule has 0 saturated carbocycles. The SMILES string of the molecule is COc1ccc(C(=O)NCc2nc(C)cs2)cc1Br. The first kappa shape index (κ1) is 14.0. The maximum atomic E-state index is 12.0. The lowest BCUT2D eigenvalue weighted by Gasteiger charge is -2.06. The third kappa shape index (κ3) is 3.54. The summed E-state index contributed by atoms with van der Waals surface area (Å²) >= 11 is 4.90. The van der Waals surface area contributed by atoms with Crippen molar-refractivity contribution in [2.75, 3.05) is 7.11 Å². The maximum absolute atomic E-state index is 12.0. The molecule has 0 aliphatic rings. The van der Waals surface area contributed by atoms with Crippen LogP contribution in [0.2, 0.25) is 0 Å². The van der Waals surface area contributed by atoms with Gasteiger partial charge in [-0.15, -0.1) is 11.3 Å². The Hall–Kier alpha value is -1.40. The Kier molecular flexibility index (Phi) is 4.55. The number of nitrogens with one attached hydrogen (secondary N) is 1. The van der Waals surface area contributed by atoms with Crippen LogP contribution >= 0.6 is 27.3 Å². The minimum absolute atomic E-state index is 0.129. The van der Waals surface area contributed by atoms with Crippen LogP contribution in [-0.4, -0.2) is 18.0 Å². The van der Waals surface area contributed by atoms with Crippen LogP contribution in [0.4, 0.5) is 0 Å². The first-order valence-corrected chi connectivity index (χ1v) is 7.30. The molecule has 2 aromatic rings. The normalized spacial score (nSPS) is 10.3. The van der Waals surface area contributed by atoms with Crippen molar-refractivity contribution in [3.05, 3.63) is 44.3 Å². The molecular formula is C13H13BrN2O2S. The van der Waals surface area contributed by atoms with E-state index in [4.69, 9.17) is 4.74 Å². The standard InChI is InChI=1S/C13H13BrN2O2S/c1-8-7-19-12(16-8)6-15-13(17)9-3-4-11(18-2)10(14)5-9/h3-5,7H,6H2,1-2H3,(H,15,17). The molecule has 19 heavy (non-hydrogen) atoms. The number of rotatable bonds is 4. The molecule has 0 aliphatic carbocycles. The highest BCUT2D eigenvalue weighted by Crippen LogP contribution is 2.25. The summed E-state index contributed by atoms with van der Waals surface area (Å²) in [6.07, 6.45) is 0. The number of amides is 1. The van der Waals surface area contributed by atoms with Crippen LogP contribution in [0.1, 0.15) is 21.1 Å². The van der Waals surface area contributed by atoms with Crippen molar-refractivity contribution in [1.29, 1.82) is 0 Å². The zero-order valence-electron chi connectivity index (χ0n) is 10.6. The van der Waals surface area contributed by atoms with Crippen molar-refractivity contribution >= 4 is 33.2 Å². The molecule has 100 valence electrons. The van der Waals surface area contributed by atoms with E-state index in [2.05, 4.69) is 26.2 Å². The van der Waals surface area contributed by atoms with Crippen molar-refractivity contribution in [2.45, 2.75) is 13.5 Å². The van der Waals surface area contributed by atoms with E-state index >= 15 is 0 Å². The molecule has 1 aromatic carbocycles. The van der Waals surface area contributed by atoms with Crippen LogP contribution in [0, 0.1) is 6.92 Å². The second-order valence-electron chi connectivity index (χ2n) is 3.91. The molecule has 1 amide bonds. The molecule has 1 aromatic heterocycles. The maximum Gasteiger partial charge on any atom is 0.251 e. The average molecular weight is 341 g/mol. The zero-order chi connectivity index (χ0) is 13.8. The van der Waals surface area contributed by atoms with Crippen molar-refractivity contribution < 1.29 is 9.53 Å². The number of carbonyl (C=O) groups excluding carboxylic acids is 1. The Balaban J connectivity index is 2.01. The molecule has 4 nitrogen and oxygen atoms in total. The highest BCUT2D eigenvalue weighted by Gasteiger charge is 2.09. The minimum Gasteiger partial charge on any atom is -0.496 e. The van der Waals surface area contributed by atoms with Gasteiger partial charge in [0.1, 0.15) is 10.8 Å². The van der Waals surface area contributed by atoms with Gasteiger partial charge in [0.25, 0.3) is 5.91 Å². The van der Waals surface area contributed by atoms with Gasteiger partial charge in [0.2, 0.25) is 0 Å². The summed E-state index contributed by atoms with van der Waals surface area (Å²) in [5.74, 6) is 0.573. The van der Waals surface area contributed by atoms with E-state index in [1.165, 1.54) is 0 Å². The number of aryl methyl sites for hydroxylation is 1. The number of methoxy groups -OCH3 is 1. The largest absolute Gasteiger partial charge is 0.496 e. The van der Waals surface area contributed by atoms with Crippen LogP contribution in [0.25, 0.3) is 0 Å². The van der Waals surface area contributed by atoms with E-state index in [1.807, 2.05) is 12.3 Å². The lowest BCUT2D eigenvalue weighted by molar-refractivity contribution is 0.0950. The summed E-state index contributed by atoms with van der Waals surface area (Å²) < 4.78 is 5.88. The predicted molar refractivity (Wildman–Crippen MR) is 78.7 cm³/mol. The van der Waals surface area contributed by atoms with Gasteiger partial charge in [-0.3, -0.25) is 4.79 Å². The average Bonchev–Trinajstić information content (AvgIpc) is 2.81. The summed E-state index contributed by atoms with van der Waals surface area (Å²) in [7, 11) is 1.59. The molecule has 0 atom stereocenters. The lowest BCUT2D eigenvalue weighted by atomic mass is 10.2. The molecule has 0 unspecified atom stereocenters. The van der Waals surface area contributed by atoms with Crippen LogP contribution in [-0.2, 0) is 6.54 Å². The Morgan fingerprint density at radius 3 is 2.89 bits per heavy atom. The molecule has 0 aliphatic heterocycles. The van der Waals surface area contributed by atoms with Crippen LogP contribution < -0.4 is 10.1 Å². The number of ether oxygens (including phenoxy) is 1. The van der Waals surface area contributed by atoms with Crippen molar-refractivity contribution in [1.82, 2.24) is 10.3 Å². The van der Waals surface area contributed by atoms with Crippen molar-refractivity contribution in [3.8, 4) is 5.75 Å². The van der Waals surface area contributed by atoms with Crippen LogP contribution in [0.15, 0.2) is 28.1 Å². The van der Waals surface area contributed by atoms with Gasteiger partial charge in [-0.1, -0.05) is 0 Å². The lowest BCUT2D eigenvalue weighted by Crippen LogP contribution is -2.22. The first-order valence-electron chi connectivity index (χ1n) is 5.63. The molecule has 0 radical (unpaired) electrons. The summed E-state index contributed by atoms with van der Waals surface area (Å²) in [4.78, 5) is 16.3. The summed E-state index contributed by atoms with van der Waals surface area (Å²) in [5, 5.41) is 5.71. The second kappa shape index (κ2) is 6.16. The summed E-state index contributed by atoms with van der Waals surface area (Å²) in [6, 6.07) is 5.22. The number of benzene rings is 1. The van der Waals surface area contributed by atoms with Gasteiger partial charge in [0, 0.05) is 16.6 Å². The monoisotopic (exact) mass is 340 g/mol. The number of halogens is 1. The third-order valence-electron chi connectivity index (χ3n) is 2.48. The highest BCUT2D eigenvalue weighted by atomic mass is 79.9.